The Morgan fingerprint density at radius 3 is 0.689 bits per heavy atom. The normalized spacial score (nSPS) is 14.2. The van der Waals surface area contributed by atoms with Crippen LogP contribution in [0.25, 0.3) is 0 Å². The SMILES string of the molecule is CCC(C)CCCCCCCCCCCCC(=O)O[C@H](COC(=O)CCCCCCCCCCC(C)C)COP(=O)(O)OC[C@H](O)COP(=O)(O)OC[C@@H](COC(=O)CCCCCCCCCCCCCCCCCCC(C)C)OC(=O)CCCCCCCCCCCCCCCCCCC(C)C. The summed E-state index contributed by atoms with van der Waals surface area (Å²) in [6.07, 6.45) is 61.0. The van der Waals surface area contributed by atoms with Crippen LogP contribution in [0.3, 0.4) is 0 Å². The van der Waals surface area contributed by atoms with Crippen molar-refractivity contribution in [2.45, 2.75) is 453 Å². The van der Waals surface area contributed by atoms with Crippen molar-refractivity contribution in [1.29, 1.82) is 0 Å². The van der Waals surface area contributed by atoms with E-state index in [4.69, 9.17) is 37.0 Å². The number of phosphoric acid groups is 2. The van der Waals surface area contributed by atoms with Gasteiger partial charge < -0.3 is 33.8 Å². The fourth-order valence-corrected chi connectivity index (χ4v) is 14.5. The molecule has 0 aliphatic heterocycles. The number of aliphatic hydroxyl groups is 1. The molecular formula is C84H164O17P2. The number of rotatable bonds is 81. The number of hydrogen-bond acceptors (Lipinski definition) is 15. The van der Waals surface area contributed by atoms with Crippen LogP contribution in [0.5, 0.6) is 0 Å². The fraction of sp³-hybridized carbons (Fsp3) is 0.952. The molecule has 0 spiro atoms. The van der Waals surface area contributed by atoms with E-state index < -0.39 is 97.5 Å². The van der Waals surface area contributed by atoms with Crippen LogP contribution in [0.1, 0.15) is 434 Å². The van der Waals surface area contributed by atoms with Gasteiger partial charge in [0.05, 0.1) is 26.4 Å². The smallest absolute Gasteiger partial charge is 0.462 e. The molecular weight excluding hydrogens is 1340 g/mol. The van der Waals surface area contributed by atoms with Gasteiger partial charge >= 0.3 is 39.5 Å². The van der Waals surface area contributed by atoms with Gasteiger partial charge in [0.2, 0.25) is 0 Å². The highest BCUT2D eigenvalue weighted by Gasteiger charge is 2.30. The highest BCUT2D eigenvalue weighted by atomic mass is 31.2. The van der Waals surface area contributed by atoms with E-state index in [0.717, 1.165) is 114 Å². The van der Waals surface area contributed by atoms with Crippen molar-refractivity contribution in [3.63, 3.8) is 0 Å². The molecule has 0 heterocycles. The zero-order valence-corrected chi connectivity index (χ0v) is 69.7. The van der Waals surface area contributed by atoms with Gasteiger partial charge in [-0.2, -0.15) is 0 Å². The van der Waals surface area contributed by atoms with Crippen LogP contribution in [0.2, 0.25) is 0 Å². The monoisotopic (exact) mass is 1510 g/mol. The predicted molar refractivity (Wildman–Crippen MR) is 423 cm³/mol. The van der Waals surface area contributed by atoms with E-state index in [1.807, 2.05) is 0 Å². The van der Waals surface area contributed by atoms with Crippen LogP contribution < -0.4 is 0 Å². The highest BCUT2D eigenvalue weighted by Crippen LogP contribution is 2.45. The lowest BCUT2D eigenvalue weighted by Gasteiger charge is -2.21. The lowest BCUT2D eigenvalue weighted by molar-refractivity contribution is -0.161. The molecule has 103 heavy (non-hydrogen) atoms. The number of aliphatic hydroxyl groups excluding tert-OH is 1. The van der Waals surface area contributed by atoms with Gasteiger partial charge in [-0.3, -0.25) is 37.3 Å². The summed E-state index contributed by atoms with van der Waals surface area (Å²) in [6, 6.07) is 0. The van der Waals surface area contributed by atoms with Crippen molar-refractivity contribution >= 4 is 39.5 Å². The van der Waals surface area contributed by atoms with Crippen LogP contribution >= 0.6 is 15.6 Å². The molecule has 0 radical (unpaired) electrons. The number of unbranched alkanes of at least 4 members (excludes halogenated alkanes) is 46. The molecule has 0 rings (SSSR count). The Morgan fingerprint density at radius 2 is 0.466 bits per heavy atom. The Labute approximate surface area is 632 Å². The Kier molecular flexibility index (Phi) is 71.5. The second-order valence-corrected chi connectivity index (χ2v) is 34.8. The van der Waals surface area contributed by atoms with Crippen molar-refractivity contribution in [3.05, 3.63) is 0 Å². The average Bonchev–Trinajstić information content (AvgIpc) is 0.921. The molecule has 6 atom stereocenters. The summed E-state index contributed by atoms with van der Waals surface area (Å²) >= 11 is 0. The van der Waals surface area contributed by atoms with Crippen LogP contribution in [-0.2, 0) is 65.4 Å². The van der Waals surface area contributed by atoms with Crippen LogP contribution in [0.4, 0.5) is 0 Å². The molecule has 0 aliphatic carbocycles. The number of carbonyl (C=O) groups excluding carboxylic acids is 4. The van der Waals surface area contributed by atoms with E-state index in [2.05, 4.69) is 55.4 Å². The highest BCUT2D eigenvalue weighted by molar-refractivity contribution is 7.47. The van der Waals surface area contributed by atoms with E-state index in [-0.39, 0.29) is 25.7 Å². The first-order chi connectivity index (χ1) is 49.6. The van der Waals surface area contributed by atoms with Crippen LogP contribution in [0.15, 0.2) is 0 Å². The molecule has 17 nitrogen and oxygen atoms in total. The first kappa shape index (κ1) is 101. The molecule has 0 aliphatic rings. The van der Waals surface area contributed by atoms with Crippen molar-refractivity contribution in [2.75, 3.05) is 39.6 Å². The minimum Gasteiger partial charge on any atom is -0.462 e. The van der Waals surface area contributed by atoms with Gasteiger partial charge in [-0.25, -0.2) is 9.13 Å². The van der Waals surface area contributed by atoms with E-state index in [1.165, 1.54) is 238 Å². The van der Waals surface area contributed by atoms with E-state index in [9.17, 15) is 43.2 Å². The van der Waals surface area contributed by atoms with Gasteiger partial charge in [0, 0.05) is 25.7 Å². The molecule has 0 bridgehead atoms. The van der Waals surface area contributed by atoms with E-state index >= 15 is 0 Å². The maximum absolute atomic E-state index is 13.1. The molecule has 612 valence electrons. The molecule has 0 amide bonds. The average molecular weight is 1510 g/mol. The Balaban J connectivity index is 5.25. The lowest BCUT2D eigenvalue weighted by Crippen LogP contribution is -2.30. The number of ether oxygens (including phenoxy) is 4. The topological polar surface area (TPSA) is 237 Å². The standard InChI is InChI=1S/C84H164O17P2/c1-9-77(8)63-55-47-39-30-26-27-33-43-51-59-67-84(89)101-80(71-95-82(87)65-57-49-41-35-34-38-46-54-62-76(6)7)73-99-103(92,93)97-69-78(85)68-96-102(90,91)98-72-79(100-83(88)66-58-50-42-32-25-21-17-13-11-15-19-23-29-37-45-53-61-75(4)5)70-94-81(86)64-56-48-40-31-24-20-16-12-10-14-18-22-28-36-44-52-60-74(2)3/h74-80,85H,9-73H2,1-8H3,(H,90,91)(H,92,93)/t77?,78-,79-,80-/m1/s1. The maximum atomic E-state index is 13.1. The summed E-state index contributed by atoms with van der Waals surface area (Å²) in [5.41, 5.74) is 0. The maximum Gasteiger partial charge on any atom is 0.472 e. The molecule has 0 saturated carbocycles. The van der Waals surface area contributed by atoms with Crippen molar-refractivity contribution < 1.29 is 80.2 Å². The Morgan fingerprint density at radius 1 is 0.272 bits per heavy atom. The zero-order chi connectivity index (χ0) is 76.0. The summed E-state index contributed by atoms with van der Waals surface area (Å²) in [5.74, 6) is 1.04. The van der Waals surface area contributed by atoms with Gasteiger partial charge in [-0.15, -0.1) is 0 Å². The largest absolute Gasteiger partial charge is 0.472 e. The third-order valence-electron chi connectivity index (χ3n) is 19.9. The van der Waals surface area contributed by atoms with E-state index in [1.54, 1.807) is 0 Å². The van der Waals surface area contributed by atoms with Crippen LogP contribution in [0, 0.1) is 23.7 Å². The third-order valence-corrected chi connectivity index (χ3v) is 21.8. The van der Waals surface area contributed by atoms with Gasteiger partial charge in [-0.1, -0.05) is 383 Å². The molecule has 0 aromatic rings. The van der Waals surface area contributed by atoms with Crippen molar-refractivity contribution in [1.82, 2.24) is 0 Å². The summed E-state index contributed by atoms with van der Waals surface area (Å²) in [7, 11) is -9.93. The molecule has 0 aromatic carbocycles. The minimum absolute atomic E-state index is 0.106. The number of hydrogen-bond donors (Lipinski definition) is 3. The van der Waals surface area contributed by atoms with Gasteiger partial charge in [0.15, 0.2) is 12.2 Å². The summed E-state index contributed by atoms with van der Waals surface area (Å²) in [5, 5.41) is 10.7. The van der Waals surface area contributed by atoms with Crippen molar-refractivity contribution in [2.24, 2.45) is 23.7 Å². The summed E-state index contributed by atoms with van der Waals surface area (Å²) in [4.78, 5) is 73.2. The van der Waals surface area contributed by atoms with Gasteiger partial charge in [0.25, 0.3) is 0 Å². The molecule has 19 heteroatoms. The third kappa shape index (κ3) is 76.6. The van der Waals surface area contributed by atoms with Crippen LogP contribution in [-0.4, -0.2) is 96.7 Å². The predicted octanol–water partition coefficient (Wildman–Crippen LogP) is 25.2. The first-order valence-corrected chi connectivity index (χ1v) is 46.2. The van der Waals surface area contributed by atoms with Gasteiger partial charge in [0.1, 0.15) is 19.3 Å². The molecule has 3 unspecified atom stereocenters. The summed E-state index contributed by atoms with van der Waals surface area (Å²) < 4.78 is 68.8. The second-order valence-electron chi connectivity index (χ2n) is 31.9. The minimum atomic E-state index is -4.97. The number of esters is 4. The van der Waals surface area contributed by atoms with Gasteiger partial charge in [-0.05, 0) is 49.4 Å². The summed E-state index contributed by atoms with van der Waals surface area (Å²) in [6.45, 7) is 14.3. The van der Waals surface area contributed by atoms with Crippen molar-refractivity contribution in [3.8, 4) is 0 Å². The Hall–Kier alpha value is -1.94. The Bertz CT molecular complexity index is 2010. The number of carbonyl (C=O) groups is 4. The molecule has 0 saturated heterocycles. The lowest BCUT2D eigenvalue weighted by atomic mass is 9.99. The molecule has 0 aromatic heterocycles. The van der Waals surface area contributed by atoms with E-state index in [0.29, 0.717) is 25.7 Å². The fourth-order valence-electron chi connectivity index (χ4n) is 12.9. The second kappa shape index (κ2) is 72.9. The number of phosphoric ester groups is 2. The quantitative estimate of drug-likeness (QED) is 0.0222. The first-order valence-electron chi connectivity index (χ1n) is 43.2. The zero-order valence-electron chi connectivity index (χ0n) is 68.0. The molecule has 3 N–H and O–H groups in total. The molecule has 0 fully saturated rings.